The van der Waals surface area contributed by atoms with Gasteiger partial charge in [-0.05, 0) is 37.5 Å². The number of urea groups is 1. The zero-order valence-corrected chi connectivity index (χ0v) is 14.8. The molecular weight excluding hydrogens is 320 g/mol. The van der Waals surface area contributed by atoms with Gasteiger partial charge < -0.3 is 20.4 Å². The summed E-state index contributed by atoms with van der Waals surface area (Å²) in [5.41, 5.74) is 5.51. The number of hydrogen-bond donors (Lipinski definition) is 1. The van der Waals surface area contributed by atoms with Crippen molar-refractivity contribution in [2.24, 2.45) is 11.1 Å². The Balaban J connectivity index is 1.60. The smallest absolute Gasteiger partial charge is 0.315 e. The normalized spacial score (nSPS) is 26.2. The minimum atomic E-state index is -0.504. The van der Waals surface area contributed by atoms with E-state index in [4.69, 9.17) is 5.73 Å². The van der Waals surface area contributed by atoms with Crippen molar-refractivity contribution < 1.29 is 14.4 Å². The van der Waals surface area contributed by atoms with Crippen LogP contribution in [0.4, 0.5) is 4.79 Å². The molecule has 3 fully saturated rings. The Labute approximate surface area is 148 Å². The van der Waals surface area contributed by atoms with Crippen LogP contribution in [0.3, 0.4) is 0 Å². The first kappa shape index (κ1) is 17.8. The first-order chi connectivity index (χ1) is 12.0. The minimum absolute atomic E-state index is 0.0287. The molecule has 2 N–H and O–H groups in total. The van der Waals surface area contributed by atoms with Crippen LogP contribution in [0.15, 0.2) is 12.7 Å². The van der Waals surface area contributed by atoms with Crippen LogP contribution in [0.5, 0.6) is 0 Å². The summed E-state index contributed by atoms with van der Waals surface area (Å²) in [7, 11) is 0. The van der Waals surface area contributed by atoms with Gasteiger partial charge in [0, 0.05) is 39.1 Å². The third kappa shape index (κ3) is 3.50. The number of likely N-dealkylation sites (tertiary alicyclic amines) is 3. The van der Waals surface area contributed by atoms with Crippen molar-refractivity contribution in [3.05, 3.63) is 12.7 Å². The van der Waals surface area contributed by atoms with Gasteiger partial charge in [-0.1, -0.05) is 6.08 Å². The first-order valence-electron chi connectivity index (χ1n) is 9.19. The summed E-state index contributed by atoms with van der Waals surface area (Å²) in [6.07, 6.45) is 6.60. The fourth-order valence-corrected chi connectivity index (χ4v) is 4.53. The van der Waals surface area contributed by atoms with Crippen LogP contribution in [0.2, 0.25) is 0 Å². The molecule has 3 aliphatic rings. The molecule has 7 heteroatoms. The summed E-state index contributed by atoms with van der Waals surface area (Å²) in [5.74, 6) is 0.230. The highest BCUT2D eigenvalue weighted by atomic mass is 16.2. The van der Waals surface area contributed by atoms with Crippen LogP contribution in [-0.4, -0.2) is 71.3 Å². The van der Waals surface area contributed by atoms with Gasteiger partial charge in [0.25, 0.3) is 0 Å². The molecule has 3 rings (SSSR count). The molecule has 0 aromatic carbocycles. The lowest BCUT2D eigenvalue weighted by Crippen LogP contribution is -2.55. The van der Waals surface area contributed by atoms with Gasteiger partial charge in [-0.15, -0.1) is 6.58 Å². The number of nitrogens with zero attached hydrogens (tertiary/aromatic N) is 3. The summed E-state index contributed by atoms with van der Waals surface area (Å²) in [5, 5.41) is 0. The van der Waals surface area contributed by atoms with Gasteiger partial charge in [-0.2, -0.15) is 0 Å². The lowest BCUT2D eigenvalue weighted by Gasteiger charge is -2.47. The Hall–Kier alpha value is -2.05. The second kappa shape index (κ2) is 7.06. The molecule has 0 unspecified atom stereocenters. The van der Waals surface area contributed by atoms with Crippen molar-refractivity contribution in [2.45, 2.75) is 44.6 Å². The molecule has 0 aromatic rings. The van der Waals surface area contributed by atoms with Crippen LogP contribution in [0, 0.1) is 5.41 Å². The highest BCUT2D eigenvalue weighted by Gasteiger charge is 2.43. The number of primary amides is 1. The third-order valence-electron chi connectivity index (χ3n) is 6.05. The van der Waals surface area contributed by atoms with Crippen LogP contribution in [0.1, 0.15) is 38.5 Å². The van der Waals surface area contributed by atoms with Gasteiger partial charge in [0.1, 0.15) is 6.04 Å². The Morgan fingerprint density at radius 1 is 1.24 bits per heavy atom. The van der Waals surface area contributed by atoms with Crippen LogP contribution < -0.4 is 5.73 Å². The van der Waals surface area contributed by atoms with E-state index in [1.807, 2.05) is 9.80 Å². The SMILES string of the molecule is C=CCN1CC2(CCC1=O)CCN(C(=O)[C@@H]1CCCN1C(N)=O)CC2. The summed E-state index contributed by atoms with van der Waals surface area (Å²) in [4.78, 5) is 41.6. The van der Waals surface area contributed by atoms with Crippen molar-refractivity contribution in [2.75, 3.05) is 32.7 Å². The Kier molecular flexibility index (Phi) is 5.01. The average Bonchev–Trinajstić information content (AvgIpc) is 3.09. The molecule has 3 aliphatic heterocycles. The summed E-state index contributed by atoms with van der Waals surface area (Å²) in [6, 6.07) is -0.896. The molecule has 138 valence electrons. The number of hydrogen-bond acceptors (Lipinski definition) is 3. The van der Waals surface area contributed by atoms with Crippen LogP contribution in [0.25, 0.3) is 0 Å². The van der Waals surface area contributed by atoms with Crippen molar-refractivity contribution in [3.8, 4) is 0 Å². The highest BCUT2D eigenvalue weighted by Crippen LogP contribution is 2.40. The highest BCUT2D eigenvalue weighted by molar-refractivity contribution is 5.87. The number of nitrogens with two attached hydrogens (primary N) is 1. The molecule has 3 saturated heterocycles. The topological polar surface area (TPSA) is 87.0 Å². The molecule has 1 atom stereocenters. The van der Waals surface area contributed by atoms with Gasteiger partial charge in [-0.25, -0.2) is 4.79 Å². The van der Waals surface area contributed by atoms with E-state index in [1.165, 1.54) is 4.90 Å². The van der Waals surface area contributed by atoms with Crippen LogP contribution >= 0.6 is 0 Å². The van der Waals surface area contributed by atoms with Crippen molar-refractivity contribution >= 4 is 17.8 Å². The number of amides is 4. The molecular formula is C18H28N4O3. The van der Waals surface area contributed by atoms with E-state index in [2.05, 4.69) is 6.58 Å². The van der Waals surface area contributed by atoms with Gasteiger partial charge >= 0.3 is 6.03 Å². The quantitative estimate of drug-likeness (QED) is 0.770. The predicted octanol–water partition coefficient (Wildman–Crippen LogP) is 0.947. The maximum absolute atomic E-state index is 12.8. The molecule has 7 nitrogen and oxygen atoms in total. The first-order valence-corrected chi connectivity index (χ1v) is 9.19. The Morgan fingerprint density at radius 3 is 2.60 bits per heavy atom. The van der Waals surface area contributed by atoms with Crippen molar-refractivity contribution in [1.82, 2.24) is 14.7 Å². The Morgan fingerprint density at radius 2 is 1.96 bits per heavy atom. The number of carbonyl (C=O) groups is 3. The summed E-state index contributed by atoms with van der Waals surface area (Å²) in [6.45, 7) is 7.05. The maximum Gasteiger partial charge on any atom is 0.315 e. The fourth-order valence-electron chi connectivity index (χ4n) is 4.53. The summed E-state index contributed by atoms with van der Waals surface area (Å²) < 4.78 is 0. The second-order valence-electron chi connectivity index (χ2n) is 7.58. The third-order valence-corrected chi connectivity index (χ3v) is 6.05. The fraction of sp³-hybridized carbons (Fsp3) is 0.722. The lowest BCUT2D eigenvalue weighted by atomic mass is 9.72. The van der Waals surface area contributed by atoms with Crippen LogP contribution in [-0.2, 0) is 9.59 Å². The monoisotopic (exact) mass is 348 g/mol. The molecule has 4 amide bonds. The number of piperidine rings is 2. The van der Waals surface area contributed by atoms with E-state index in [0.717, 1.165) is 32.2 Å². The average molecular weight is 348 g/mol. The molecule has 1 spiro atoms. The van der Waals surface area contributed by atoms with Crippen molar-refractivity contribution in [1.29, 1.82) is 0 Å². The van der Waals surface area contributed by atoms with Gasteiger partial charge in [0.2, 0.25) is 11.8 Å². The maximum atomic E-state index is 12.8. The molecule has 0 saturated carbocycles. The standard InChI is InChI=1S/C18H28N4O3/c1-2-9-21-13-18(6-5-15(21)23)7-11-20(12-8-18)16(24)14-4-3-10-22(14)17(19)25/h2,14H,1,3-13H2,(H2,19,25)/t14-/m0/s1. The predicted molar refractivity (Wildman–Crippen MR) is 93.6 cm³/mol. The molecule has 3 heterocycles. The second-order valence-corrected chi connectivity index (χ2v) is 7.58. The summed E-state index contributed by atoms with van der Waals surface area (Å²) >= 11 is 0. The van der Waals surface area contributed by atoms with E-state index < -0.39 is 12.1 Å². The molecule has 0 aliphatic carbocycles. The van der Waals surface area contributed by atoms with Crippen molar-refractivity contribution in [3.63, 3.8) is 0 Å². The van der Waals surface area contributed by atoms with E-state index in [9.17, 15) is 14.4 Å². The van der Waals surface area contributed by atoms with E-state index in [0.29, 0.717) is 39.0 Å². The minimum Gasteiger partial charge on any atom is -0.351 e. The molecule has 25 heavy (non-hydrogen) atoms. The molecule has 0 bridgehead atoms. The van der Waals surface area contributed by atoms with E-state index >= 15 is 0 Å². The molecule has 0 aromatic heterocycles. The Bertz CT molecular complexity index is 569. The van der Waals surface area contributed by atoms with Gasteiger partial charge in [0.05, 0.1) is 0 Å². The number of carbonyl (C=O) groups excluding carboxylic acids is 3. The van der Waals surface area contributed by atoms with Gasteiger partial charge in [0.15, 0.2) is 0 Å². The molecule has 0 radical (unpaired) electrons. The zero-order valence-electron chi connectivity index (χ0n) is 14.8. The van der Waals surface area contributed by atoms with E-state index in [-0.39, 0.29) is 17.2 Å². The lowest BCUT2D eigenvalue weighted by molar-refractivity contribution is -0.143. The van der Waals surface area contributed by atoms with E-state index in [1.54, 1.807) is 6.08 Å². The number of rotatable bonds is 3. The van der Waals surface area contributed by atoms with Gasteiger partial charge in [-0.3, -0.25) is 9.59 Å². The zero-order chi connectivity index (χ0) is 18.0. The largest absolute Gasteiger partial charge is 0.351 e.